The molecule has 0 N–H and O–H groups in total. The van der Waals surface area contributed by atoms with Crippen LogP contribution in [-0.2, 0) is 19.2 Å². The van der Waals surface area contributed by atoms with Gasteiger partial charge in [-0.05, 0) is 74.7 Å². The van der Waals surface area contributed by atoms with E-state index in [-0.39, 0.29) is 33.8 Å². The van der Waals surface area contributed by atoms with Crippen molar-refractivity contribution in [2.75, 3.05) is 0 Å². The Kier molecular flexibility index (Phi) is 11.3. The highest BCUT2D eigenvalue weighted by molar-refractivity contribution is 5.93. The lowest BCUT2D eigenvalue weighted by molar-refractivity contribution is -0.131. The SMILES string of the molecule is C=C(C)C(=O)Oc1ccc(/C=C/c2cc(OC(=O)C(=C)CC)c(-c3ccc(OC(=O)C(=C)C)cc3)cc2OC(=O)C(=C)C)cc1. The lowest BCUT2D eigenvalue weighted by Crippen LogP contribution is -2.12. The second kappa shape index (κ2) is 15.1. The van der Waals surface area contributed by atoms with Gasteiger partial charge in [-0.25, -0.2) is 19.2 Å². The van der Waals surface area contributed by atoms with Crippen molar-refractivity contribution in [1.82, 2.24) is 0 Å². The topological polar surface area (TPSA) is 105 Å². The molecule has 0 fully saturated rings. The predicted octanol–water partition coefficient (Wildman–Crippen LogP) is 7.84. The van der Waals surface area contributed by atoms with Crippen LogP contribution < -0.4 is 18.9 Å². The van der Waals surface area contributed by atoms with E-state index in [9.17, 15) is 19.2 Å². The third-order valence-corrected chi connectivity index (χ3v) is 6.20. The lowest BCUT2D eigenvalue weighted by atomic mass is 10.0. The number of esters is 4. The molecule has 3 rings (SSSR count). The maximum Gasteiger partial charge on any atom is 0.338 e. The van der Waals surface area contributed by atoms with E-state index in [0.29, 0.717) is 34.6 Å². The lowest BCUT2D eigenvalue weighted by Gasteiger charge is -2.16. The molecule has 8 heteroatoms. The van der Waals surface area contributed by atoms with Crippen LogP contribution in [0.4, 0.5) is 0 Å². The fourth-order valence-electron chi connectivity index (χ4n) is 3.53. The van der Waals surface area contributed by atoms with Crippen LogP contribution in [-0.4, -0.2) is 23.9 Å². The Morgan fingerprint density at radius 3 is 1.56 bits per heavy atom. The van der Waals surface area contributed by atoms with Crippen LogP contribution in [0.25, 0.3) is 23.3 Å². The molecule has 0 heterocycles. The largest absolute Gasteiger partial charge is 0.423 e. The summed E-state index contributed by atoms with van der Waals surface area (Å²) in [5.74, 6) is -1.37. The summed E-state index contributed by atoms with van der Waals surface area (Å²) in [5.41, 5.74) is 3.15. The normalized spacial score (nSPS) is 10.5. The molecule has 0 aliphatic carbocycles. The smallest absolute Gasteiger partial charge is 0.338 e. The van der Waals surface area contributed by atoms with Gasteiger partial charge in [0.15, 0.2) is 0 Å². The van der Waals surface area contributed by atoms with Gasteiger partial charge in [0.2, 0.25) is 0 Å². The maximum absolute atomic E-state index is 12.8. The molecule has 0 aliphatic rings. The van der Waals surface area contributed by atoms with Crippen molar-refractivity contribution in [2.24, 2.45) is 0 Å². The molecule has 0 saturated carbocycles. The molecule has 0 radical (unpaired) electrons. The zero-order valence-electron chi connectivity index (χ0n) is 25.7. The standard InChI is InChI=1S/C37H34O8/c1-9-25(8)37(41)45-33-20-28(13-10-26-11-16-29(17-12-26)42-34(38)22(2)3)32(44-36(40)24(6)7)21-31(33)27-14-18-30(19-15-27)43-35(39)23(4)5/h10-21H,2,4,6,8-9H2,1,3,5,7H3/b13-10+. The van der Waals surface area contributed by atoms with E-state index in [1.54, 1.807) is 93.6 Å². The molecular formula is C37H34O8. The Labute approximate surface area is 262 Å². The Hall–Kier alpha value is -5.76. The highest BCUT2D eigenvalue weighted by Gasteiger charge is 2.19. The fraction of sp³-hybridized carbons (Fsp3) is 0.135. The van der Waals surface area contributed by atoms with Crippen molar-refractivity contribution in [2.45, 2.75) is 34.1 Å². The Balaban J connectivity index is 2.10. The summed E-state index contributed by atoms with van der Waals surface area (Å²) in [6, 6.07) is 16.4. The number of hydrogen-bond acceptors (Lipinski definition) is 8. The molecule has 45 heavy (non-hydrogen) atoms. The van der Waals surface area contributed by atoms with Crippen molar-refractivity contribution in [3.8, 4) is 34.1 Å². The maximum atomic E-state index is 12.8. The molecule has 0 aromatic heterocycles. The van der Waals surface area contributed by atoms with E-state index in [1.807, 2.05) is 0 Å². The van der Waals surface area contributed by atoms with Crippen LogP contribution >= 0.6 is 0 Å². The van der Waals surface area contributed by atoms with Gasteiger partial charge in [-0.3, -0.25) is 0 Å². The van der Waals surface area contributed by atoms with Gasteiger partial charge in [-0.2, -0.15) is 0 Å². The first-order valence-electron chi connectivity index (χ1n) is 13.9. The Morgan fingerprint density at radius 1 is 0.600 bits per heavy atom. The summed E-state index contributed by atoms with van der Waals surface area (Å²) in [7, 11) is 0. The highest BCUT2D eigenvalue weighted by Crippen LogP contribution is 2.39. The van der Waals surface area contributed by atoms with Gasteiger partial charge in [0.1, 0.15) is 23.0 Å². The summed E-state index contributed by atoms with van der Waals surface area (Å²) < 4.78 is 22.0. The number of ether oxygens (including phenoxy) is 4. The van der Waals surface area contributed by atoms with Gasteiger partial charge in [-0.1, -0.05) is 69.7 Å². The quantitative estimate of drug-likeness (QED) is 0.0889. The minimum atomic E-state index is -0.648. The monoisotopic (exact) mass is 606 g/mol. The van der Waals surface area contributed by atoms with Crippen LogP contribution in [0.15, 0.2) is 109 Å². The summed E-state index contributed by atoms with van der Waals surface area (Å²) in [6.45, 7) is 21.0. The Bertz CT molecular complexity index is 1720. The van der Waals surface area contributed by atoms with Crippen LogP contribution in [0, 0.1) is 0 Å². The molecule has 0 aliphatic heterocycles. The van der Waals surface area contributed by atoms with E-state index >= 15 is 0 Å². The summed E-state index contributed by atoms with van der Waals surface area (Å²) >= 11 is 0. The van der Waals surface area contributed by atoms with Crippen molar-refractivity contribution < 1.29 is 38.1 Å². The van der Waals surface area contributed by atoms with Crippen molar-refractivity contribution in [3.63, 3.8) is 0 Å². The van der Waals surface area contributed by atoms with Gasteiger partial charge < -0.3 is 18.9 Å². The van der Waals surface area contributed by atoms with Gasteiger partial charge in [0.25, 0.3) is 0 Å². The van der Waals surface area contributed by atoms with Crippen LogP contribution in [0.5, 0.6) is 23.0 Å². The first-order chi connectivity index (χ1) is 21.3. The molecule has 0 atom stereocenters. The van der Waals surface area contributed by atoms with E-state index in [4.69, 9.17) is 18.9 Å². The number of benzene rings is 3. The fourth-order valence-corrected chi connectivity index (χ4v) is 3.53. The number of carbonyl (C=O) groups excluding carboxylic acids is 4. The molecule has 0 spiro atoms. The average Bonchev–Trinajstić information content (AvgIpc) is 3.01. The predicted molar refractivity (Wildman–Crippen MR) is 174 cm³/mol. The van der Waals surface area contributed by atoms with Gasteiger partial charge >= 0.3 is 23.9 Å². The van der Waals surface area contributed by atoms with Crippen LogP contribution in [0.1, 0.15) is 45.2 Å². The van der Waals surface area contributed by atoms with E-state index < -0.39 is 23.9 Å². The van der Waals surface area contributed by atoms with Gasteiger partial charge in [0.05, 0.1) is 0 Å². The second-order valence-corrected chi connectivity index (χ2v) is 10.2. The van der Waals surface area contributed by atoms with Crippen molar-refractivity contribution in [3.05, 3.63) is 120 Å². The zero-order chi connectivity index (χ0) is 33.3. The van der Waals surface area contributed by atoms with Crippen LogP contribution in [0.3, 0.4) is 0 Å². The molecule has 0 unspecified atom stereocenters. The minimum Gasteiger partial charge on any atom is -0.423 e. The third kappa shape index (κ3) is 9.36. The first kappa shape index (κ1) is 33.7. The van der Waals surface area contributed by atoms with Crippen molar-refractivity contribution >= 4 is 36.0 Å². The Morgan fingerprint density at radius 2 is 1.07 bits per heavy atom. The summed E-state index contributed by atoms with van der Waals surface area (Å²) in [6.07, 6.45) is 3.82. The molecule has 3 aromatic carbocycles. The van der Waals surface area contributed by atoms with Gasteiger partial charge in [-0.15, -0.1) is 0 Å². The molecule has 0 saturated heterocycles. The van der Waals surface area contributed by atoms with E-state index in [1.165, 1.54) is 6.92 Å². The number of carbonyl (C=O) groups is 4. The second-order valence-electron chi connectivity index (χ2n) is 10.2. The highest BCUT2D eigenvalue weighted by atomic mass is 16.5. The van der Waals surface area contributed by atoms with E-state index in [2.05, 4.69) is 26.3 Å². The molecule has 0 amide bonds. The summed E-state index contributed by atoms with van der Waals surface area (Å²) in [5, 5.41) is 0. The zero-order valence-corrected chi connectivity index (χ0v) is 25.7. The van der Waals surface area contributed by atoms with Crippen molar-refractivity contribution in [1.29, 1.82) is 0 Å². The first-order valence-corrected chi connectivity index (χ1v) is 13.9. The molecule has 230 valence electrons. The van der Waals surface area contributed by atoms with Crippen LogP contribution in [0.2, 0.25) is 0 Å². The minimum absolute atomic E-state index is 0.174. The molecule has 0 bridgehead atoms. The molecule has 3 aromatic rings. The third-order valence-electron chi connectivity index (χ3n) is 6.20. The number of hydrogen-bond donors (Lipinski definition) is 0. The van der Waals surface area contributed by atoms with E-state index in [0.717, 1.165) is 5.56 Å². The number of rotatable bonds is 12. The molecule has 8 nitrogen and oxygen atoms in total. The average molecular weight is 607 g/mol. The molecular weight excluding hydrogens is 572 g/mol. The summed E-state index contributed by atoms with van der Waals surface area (Å²) in [4.78, 5) is 49.2. The van der Waals surface area contributed by atoms with Gasteiger partial charge in [0, 0.05) is 33.4 Å².